The minimum atomic E-state index is -0.677. The van der Waals surface area contributed by atoms with Crippen molar-refractivity contribution in [3.63, 3.8) is 0 Å². The zero-order valence-electron chi connectivity index (χ0n) is 15.1. The van der Waals surface area contributed by atoms with Gasteiger partial charge in [0.1, 0.15) is 6.04 Å². The third-order valence-electron chi connectivity index (χ3n) is 4.15. The first-order valence-corrected chi connectivity index (χ1v) is 9.71. The minimum absolute atomic E-state index is 0.117. The number of carbonyl (C=O) groups excluding carboxylic acids is 2. The minimum Gasteiger partial charge on any atom is -0.355 e. The van der Waals surface area contributed by atoms with Crippen LogP contribution >= 0.6 is 34.8 Å². The maximum atomic E-state index is 13.0. The summed E-state index contributed by atoms with van der Waals surface area (Å²) in [6, 6.07) is 11.6. The summed E-state index contributed by atoms with van der Waals surface area (Å²) < 4.78 is 0. The van der Waals surface area contributed by atoms with Crippen LogP contribution in [0.25, 0.3) is 0 Å². The number of benzene rings is 2. The quantitative estimate of drug-likeness (QED) is 0.693. The zero-order valence-corrected chi connectivity index (χ0v) is 17.4. The second-order valence-corrected chi connectivity index (χ2v) is 7.35. The summed E-state index contributed by atoms with van der Waals surface area (Å²) in [5.41, 5.74) is 1.38. The molecule has 1 atom stereocenters. The highest BCUT2D eigenvalue weighted by Gasteiger charge is 2.27. The van der Waals surface area contributed by atoms with Gasteiger partial charge in [-0.3, -0.25) is 9.59 Å². The summed E-state index contributed by atoms with van der Waals surface area (Å²) in [4.78, 5) is 26.9. The van der Waals surface area contributed by atoms with Gasteiger partial charge in [-0.1, -0.05) is 53.0 Å². The number of nitrogens with zero attached hydrogens (tertiary/aromatic N) is 1. The zero-order chi connectivity index (χ0) is 20.0. The molecule has 0 heterocycles. The van der Waals surface area contributed by atoms with Crippen LogP contribution in [0.4, 0.5) is 0 Å². The molecule has 2 aromatic rings. The molecule has 144 valence electrons. The summed E-state index contributed by atoms with van der Waals surface area (Å²) in [5, 5.41) is 4.20. The van der Waals surface area contributed by atoms with Gasteiger partial charge >= 0.3 is 0 Å². The predicted molar refractivity (Wildman–Crippen MR) is 110 cm³/mol. The Labute approximate surface area is 174 Å². The van der Waals surface area contributed by atoms with Gasteiger partial charge in [0, 0.05) is 33.7 Å². The van der Waals surface area contributed by atoms with Gasteiger partial charge < -0.3 is 10.2 Å². The third kappa shape index (κ3) is 5.86. The Balaban J connectivity index is 2.31. The van der Waals surface area contributed by atoms with Gasteiger partial charge in [0.15, 0.2) is 0 Å². The van der Waals surface area contributed by atoms with Crippen molar-refractivity contribution in [2.45, 2.75) is 32.9 Å². The van der Waals surface area contributed by atoms with Crippen molar-refractivity contribution in [2.24, 2.45) is 0 Å². The van der Waals surface area contributed by atoms with Crippen molar-refractivity contribution in [1.82, 2.24) is 10.2 Å². The van der Waals surface area contributed by atoms with Gasteiger partial charge in [-0.2, -0.15) is 0 Å². The van der Waals surface area contributed by atoms with E-state index in [9.17, 15) is 9.59 Å². The highest BCUT2D eigenvalue weighted by molar-refractivity contribution is 6.36. The number of hydrogen-bond donors (Lipinski definition) is 1. The van der Waals surface area contributed by atoms with E-state index in [-0.39, 0.29) is 24.8 Å². The molecule has 0 aromatic heterocycles. The molecule has 7 heteroatoms. The van der Waals surface area contributed by atoms with E-state index in [0.29, 0.717) is 27.2 Å². The summed E-state index contributed by atoms with van der Waals surface area (Å²) in [7, 11) is 0. The van der Waals surface area contributed by atoms with Crippen molar-refractivity contribution >= 4 is 46.6 Å². The number of likely N-dealkylation sites (N-methyl/N-ethyl adjacent to an activating group) is 1. The molecule has 4 nitrogen and oxygen atoms in total. The van der Waals surface area contributed by atoms with Gasteiger partial charge in [0.05, 0.1) is 6.42 Å². The van der Waals surface area contributed by atoms with E-state index in [2.05, 4.69) is 5.32 Å². The smallest absolute Gasteiger partial charge is 0.242 e. The molecule has 2 aromatic carbocycles. The van der Waals surface area contributed by atoms with E-state index in [1.54, 1.807) is 43.3 Å². The Morgan fingerprint density at radius 3 is 2.30 bits per heavy atom. The molecule has 0 aliphatic heterocycles. The number of amides is 2. The lowest BCUT2D eigenvalue weighted by Crippen LogP contribution is -2.48. The van der Waals surface area contributed by atoms with Crippen LogP contribution in [0.3, 0.4) is 0 Å². The summed E-state index contributed by atoms with van der Waals surface area (Å²) in [5.74, 6) is -0.452. The average molecular weight is 428 g/mol. The highest BCUT2D eigenvalue weighted by Crippen LogP contribution is 2.27. The second-order valence-electron chi connectivity index (χ2n) is 6.10. The van der Waals surface area contributed by atoms with E-state index < -0.39 is 6.04 Å². The Morgan fingerprint density at radius 1 is 1.07 bits per heavy atom. The van der Waals surface area contributed by atoms with E-state index in [4.69, 9.17) is 34.8 Å². The second kappa shape index (κ2) is 9.98. The predicted octanol–water partition coefficient (Wildman–Crippen LogP) is 4.74. The fourth-order valence-electron chi connectivity index (χ4n) is 2.68. The lowest BCUT2D eigenvalue weighted by molar-refractivity contribution is -0.140. The topological polar surface area (TPSA) is 49.4 Å². The van der Waals surface area contributed by atoms with E-state index >= 15 is 0 Å². The monoisotopic (exact) mass is 426 g/mol. The normalized spacial score (nSPS) is 11.7. The molecule has 0 unspecified atom stereocenters. The number of hydrogen-bond acceptors (Lipinski definition) is 2. The third-order valence-corrected chi connectivity index (χ3v) is 5.10. The average Bonchev–Trinajstić information content (AvgIpc) is 2.61. The van der Waals surface area contributed by atoms with Crippen molar-refractivity contribution in [2.75, 3.05) is 6.54 Å². The fraction of sp³-hybridized carbons (Fsp3) is 0.300. The summed E-state index contributed by atoms with van der Waals surface area (Å²) >= 11 is 18.5. The number of halogens is 3. The van der Waals surface area contributed by atoms with Gasteiger partial charge in [-0.05, 0) is 43.7 Å². The SMILES string of the molecule is CCNC(=O)[C@@H](C)N(Cc1c(Cl)cccc1Cl)C(=O)Cc1cccc(Cl)c1. The summed E-state index contributed by atoms with van der Waals surface area (Å²) in [6.45, 7) is 4.13. The molecule has 1 N–H and O–H groups in total. The Kier molecular flexibility index (Phi) is 7.96. The van der Waals surface area contributed by atoms with Crippen LogP contribution in [0.2, 0.25) is 15.1 Å². The van der Waals surface area contributed by atoms with Gasteiger partial charge in [0.25, 0.3) is 0 Å². The largest absolute Gasteiger partial charge is 0.355 e. The van der Waals surface area contributed by atoms with Crippen LogP contribution < -0.4 is 5.32 Å². The molecule has 0 bridgehead atoms. The van der Waals surface area contributed by atoms with Crippen LogP contribution in [0.15, 0.2) is 42.5 Å². The Morgan fingerprint density at radius 2 is 1.70 bits per heavy atom. The Bertz CT molecular complexity index is 806. The summed E-state index contributed by atoms with van der Waals surface area (Å²) in [6.07, 6.45) is 0.117. The first-order chi connectivity index (χ1) is 12.8. The maximum Gasteiger partial charge on any atom is 0.242 e. The number of rotatable bonds is 7. The van der Waals surface area contributed by atoms with E-state index in [1.807, 2.05) is 13.0 Å². The molecule has 0 radical (unpaired) electrons. The fourth-order valence-corrected chi connectivity index (χ4v) is 3.41. The van der Waals surface area contributed by atoms with Gasteiger partial charge in [-0.25, -0.2) is 0 Å². The highest BCUT2D eigenvalue weighted by atomic mass is 35.5. The molecule has 0 spiro atoms. The molecule has 2 rings (SSSR count). The molecule has 0 saturated carbocycles. The molecule has 0 fully saturated rings. The first kappa shape index (κ1) is 21.5. The Hall–Kier alpha value is -1.75. The van der Waals surface area contributed by atoms with Crippen LogP contribution in [0.1, 0.15) is 25.0 Å². The number of nitrogens with one attached hydrogen (secondary N) is 1. The molecular formula is C20H21Cl3N2O2. The van der Waals surface area contributed by atoms with Gasteiger partial charge in [0.2, 0.25) is 11.8 Å². The molecule has 0 aliphatic carbocycles. The van der Waals surface area contributed by atoms with Crippen LogP contribution in [0.5, 0.6) is 0 Å². The number of carbonyl (C=O) groups is 2. The van der Waals surface area contributed by atoms with Crippen molar-refractivity contribution in [1.29, 1.82) is 0 Å². The van der Waals surface area contributed by atoms with E-state index in [0.717, 1.165) is 5.56 Å². The first-order valence-electron chi connectivity index (χ1n) is 8.58. The molecule has 0 saturated heterocycles. The maximum absolute atomic E-state index is 13.0. The molecular weight excluding hydrogens is 407 g/mol. The molecule has 2 amide bonds. The van der Waals surface area contributed by atoms with E-state index in [1.165, 1.54) is 4.90 Å². The van der Waals surface area contributed by atoms with Crippen molar-refractivity contribution < 1.29 is 9.59 Å². The lowest BCUT2D eigenvalue weighted by Gasteiger charge is -2.29. The van der Waals surface area contributed by atoms with Crippen molar-refractivity contribution in [3.05, 3.63) is 68.7 Å². The standard InChI is InChI=1S/C20H21Cl3N2O2/c1-3-24-20(27)13(2)25(12-16-17(22)8-5-9-18(16)23)19(26)11-14-6-4-7-15(21)10-14/h4-10,13H,3,11-12H2,1-2H3,(H,24,27)/t13-/m1/s1. The molecule has 27 heavy (non-hydrogen) atoms. The van der Waals surface area contributed by atoms with Crippen LogP contribution in [-0.2, 0) is 22.6 Å². The lowest BCUT2D eigenvalue weighted by atomic mass is 10.1. The van der Waals surface area contributed by atoms with Crippen molar-refractivity contribution in [3.8, 4) is 0 Å². The van der Waals surface area contributed by atoms with Crippen LogP contribution in [-0.4, -0.2) is 29.3 Å². The van der Waals surface area contributed by atoms with Gasteiger partial charge in [-0.15, -0.1) is 0 Å². The van der Waals surface area contributed by atoms with Crippen LogP contribution in [0, 0.1) is 0 Å². The molecule has 0 aliphatic rings.